The zero-order valence-electron chi connectivity index (χ0n) is 7.37. The van der Waals surface area contributed by atoms with Gasteiger partial charge in [-0.2, -0.15) is 4.98 Å². The molecule has 0 radical (unpaired) electrons. The minimum atomic E-state index is 0.266. The maximum absolute atomic E-state index is 5.46. The van der Waals surface area contributed by atoms with E-state index in [1.54, 1.807) is 6.20 Å². The van der Waals surface area contributed by atoms with Crippen molar-refractivity contribution in [3.63, 3.8) is 0 Å². The largest absolute Gasteiger partial charge is 0.368 e. The standard InChI is InChI=1S/C7H12BrN5/c1-13(3-2-9)6-5(8)4-11-7(10)12-6/h4H,2-3,9H2,1H3,(H2,10,11,12). The zero-order valence-corrected chi connectivity index (χ0v) is 8.95. The fourth-order valence-corrected chi connectivity index (χ4v) is 1.43. The second-order valence-electron chi connectivity index (χ2n) is 2.61. The second kappa shape index (κ2) is 4.38. The molecule has 13 heavy (non-hydrogen) atoms. The Kier molecular flexibility index (Phi) is 3.44. The Labute approximate surface area is 85.3 Å². The first-order valence-corrected chi connectivity index (χ1v) is 4.63. The molecule has 0 aliphatic rings. The van der Waals surface area contributed by atoms with E-state index in [1.165, 1.54) is 0 Å². The molecule has 0 aliphatic carbocycles. The number of nitrogen functional groups attached to an aromatic ring is 1. The first kappa shape index (κ1) is 10.2. The van der Waals surface area contributed by atoms with Gasteiger partial charge in [0.1, 0.15) is 5.82 Å². The van der Waals surface area contributed by atoms with E-state index in [4.69, 9.17) is 11.5 Å². The van der Waals surface area contributed by atoms with Gasteiger partial charge in [0.25, 0.3) is 0 Å². The summed E-state index contributed by atoms with van der Waals surface area (Å²) in [6.45, 7) is 1.31. The first-order chi connectivity index (χ1) is 6.15. The molecule has 1 rings (SSSR count). The lowest BCUT2D eigenvalue weighted by Crippen LogP contribution is -2.26. The lowest BCUT2D eigenvalue weighted by atomic mass is 10.5. The van der Waals surface area contributed by atoms with E-state index in [1.807, 2.05) is 11.9 Å². The summed E-state index contributed by atoms with van der Waals surface area (Å²) in [5.41, 5.74) is 10.9. The van der Waals surface area contributed by atoms with Crippen molar-refractivity contribution in [1.82, 2.24) is 9.97 Å². The Morgan fingerprint density at radius 1 is 1.62 bits per heavy atom. The molecular weight excluding hydrogens is 234 g/mol. The number of rotatable bonds is 3. The first-order valence-electron chi connectivity index (χ1n) is 3.84. The van der Waals surface area contributed by atoms with Gasteiger partial charge in [0, 0.05) is 26.3 Å². The topological polar surface area (TPSA) is 81.1 Å². The molecule has 1 aromatic heterocycles. The molecule has 0 saturated carbocycles. The number of nitrogens with two attached hydrogens (primary N) is 2. The van der Waals surface area contributed by atoms with E-state index in [9.17, 15) is 0 Å². The molecular formula is C7H12BrN5. The Morgan fingerprint density at radius 2 is 2.31 bits per heavy atom. The van der Waals surface area contributed by atoms with Gasteiger partial charge in [-0.3, -0.25) is 0 Å². The predicted octanol–water partition coefficient (Wildman–Crippen LogP) is 0.216. The highest BCUT2D eigenvalue weighted by Gasteiger charge is 2.07. The molecule has 1 aromatic rings. The number of aromatic nitrogens is 2. The fourth-order valence-electron chi connectivity index (χ4n) is 0.939. The number of halogens is 1. The molecule has 0 amide bonds. The van der Waals surface area contributed by atoms with E-state index in [2.05, 4.69) is 25.9 Å². The van der Waals surface area contributed by atoms with Crippen LogP contribution in [0.2, 0.25) is 0 Å². The molecule has 0 bridgehead atoms. The lowest BCUT2D eigenvalue weighted by molar-refractivity contribution is 0.862. The summed E-state index contributed by atoms with van der Waals surface area (Å²) in [5, 5.41) is 0. The Hall–Kier alpha value is -0.880. The van der Waals surface area contributed by atoms with Gasteiger partial charge in [-0.25, -0.2) is 4.98 Å². The van der Waals surface area contributed by atoms with Crippen LogP contribution in [0.3, 0.4) is 0 Å². The molecule has 72 valence electrons. The average molecular weight is 246 g/mol. The number of hydrogen-bond donors (Lipinski definition) is 2. The van der Waals surface area contributed by atoms with Crippen molar-refractivity contribution >= 4 is 27.7 Å². The Morgan fingerprint density at radius 3 is 2.92 bits per heavy atom. The smallest absolute Gasteiger partial charge is 0.222 e. The third-order valence-electron chi connectivity index (χ3n) is 1.57. The van der Waals surface area contributed by atoms with Crippen LogP contribution in [0.5, 0.6) is 0 Å². The van der Waals surface area contributed by atoms with Gasteiger partial charge in [0.15, 0.2) is 0 Å². The predicted molar refractivity (Wildman–Crippen MR) is 56.5 cm³/mol. The van der Waals surface area contributed by atoms with Crippen molar-refractivity contribution in [2.45, 2.75) is 0 Å². The van der Waals surface area contributed by atoms with Crippen LogP contribution < -0.4 is 16.4 Å². The summed E-state index contributed by atoms with van der Waals surface area (Å²) in [6, 6.07) is 0. The number of hydrogen-bond acceptors (Lipinski definition) is 5. The molecule has 0 saturated heterocycles. The molecule has 0 spiro atoms. The molecule has 6 heteroatoms. The van der Waals surface area contributed by atoms with Crippen LogP contribution in [0, 0.1) is 0 Å². The van der Waals surface area contributed by atoms with E-state index in [0.29, 0.717) is 6.54 Å². The van der Waals surface area contributed by atoms with Gasteiger partial charge in [0.2, 0.25) is 5.95 Å². The van der Waals surface area contributed by atoms with E-state index >= 15 is 0 Å². The Balaban J connectivity index is 2.91. The van der Waals surface area contributed by atoms with Crippen molar-refractivity contribution < 1.29 is 0 Å². The number of likely N-dealkylation sites (N-methyl/N-ethyl adjacent to an activating group) is 1. The summed E-state index contributed by atoms with van der Waals surface area (Å²) >= 11 is 3.34. The van der Waals surface area contributed by atoms with Crippen molar-refractivity contribution in [2.24, 2.45) is 5.73 Å². The average Bonchev–Trinajstić information content (AvgIpc) is 2.09. The normalized spacial score (nSPS) is 10.1. The van der Waals surface area contributed by atoms with Crippen LogP contribution in [0.15, 0.2) is 10.7 Å². The lowest BCUT2D eigenvalue weighted by Gasteiger charge is -2.17. The molecule has 5 nitrogen and oxygen atoms in total. The fraction of sp³-hybridized carbons (Fsp3) is 0.429. The number of anilines is 2. The maximum atomic E-state index is 5.46. The van der Waals surface area contributed by atoms with Gasteiger partial charge in [-0.15, -0.1) is 0 Å². The minimum absolute atomic E-state index is 0.266. The van der Waals surface area contributed by atoms with Crippen LogP contribution >= 0.6 is 15.9 Å². The van der Waals surface area contributed by atoms with Crippen LogP contribution in [0.4, 0.5) is 11.8 Å². The molecule has 0 aromatic carbocycles. The van der Waals surface area contributed by atoms with E-state index in [0.717, 1.165) is 16.8 Å². The third-order valence-corrected chi connectivity index (χ3v) is 2.13. The Bertz CT molecular complexity index is 290. The quantitative estimate of drug-likeness (QED) is 0.797. The molecule has 4 N–H and O–H groups in total. The van der Waals surface area contributed by atoms with Gasteiger partial charge in [-0.1, -0.05) is 0 Å². The van der Waals surface area contributed by atoms with Gasteiger partial charge >= 0.3 is 0 Å². The number of nitrogens with zero attached hydrogens (tertiary/aromatic N) is 3. The van der Waals surface area contributed by atoms with Gasteiger partial charge in [-0.05, 0) is 15.9 Å². The second-order valence-corrected chi connectivity index (χ2v) is 3.46. The van der Waals surface area contributed by atoms with Gasteiger partial charge < -0.3 is 16.4 Å². The highest BCUT2D eigenvalue weighted by molar-refractivity contribution is 9.10. The van der Waals surface area contributed by atoms with Crippen LogP contribution in [-0.2, 0) is 0 Å². The maximum Gasteiger partial charge on any atom is 0.222 e. The van der Waals surface area contributed by atoms with Gasteiger partial charge in [0.05, 0.1) is 4.47 Å². The molecule has 0 atom stereocenters. The monoisotopic (exact) mass is 245 g/mol. The molecule has 0 fully saturated rings. The SMILES string of the molecule is CN(CCN)c1nc(N)ncc1Br. The molecule has 0 aliphatic heterocycles. The van der Waals surface area contributed by atoms with Crippen molar-refractivity contribution in [3.8, 4) is 0 Å². The summed E-state index contributed by atoms with van der Waals surface area (Å²) in [7, 11) is 1.90. The summed E-state index contributed by atoms with van der Waals surface area (Å²) < 4.78 is 0.817. The zero-order chi connectivity index (χ0) is 9.84. The molecule has 1 heterocycles. The third kappa shape index (κ3) is 2.53. The minimum Gasteiger partial charge on any atom is -0.368 e. The summed E-state index contributed by atoms with van der Waals surface area (Å²) in [4.78, 5) is 9.84. The van der Waals surface area contributed by atoms with Crippen LogP contribution in [0.1, 0.15) is 0 Å². The van der Waals surface area contributed by atoms with Crippen molar-refractivity contribution in [3.05, 3.63) is 10.7 Å². The highest BCUT2D eigenvalue weighted by Crippen LogP contribution is 2.21. The summed E-state index contributed by atoms with van der Waals surface area (Å²) in [5.74, 6) is 1.03. The van der Waals surface area contributed by atoms with Crippen LogP contribution in [-0.4, -0.2) is 30.1 Å². The van der Waals surface area contributed by atoms with Crippen LogP contribution in [0.25, 0.3) is 0 Å². The molecule has 0 unspecified atom stereocenters. The van der Waals surface area contributed by atoms with E-state index in [-0.39, 0.29) is 5.95 Å². The van der Waals surface area contributed by atoms with Crippen molar-refractivity contribution in [2.75, 3.05) is 30.8 Å². The summed E-state index contributed by atoms with van der Waals surface area (Å²) in [6.07, 6.45) is 1.63. The highest BCUT2D eigenvalue weighted by atomic mass is 79.9. The van der Waals surface area contributed by atoms with E-state index < -0.39 is 0 Å². The van der Waals surface area contributed by atoms with Crippen molar-refractivity contribution in [1.29, 1.82) is 0 Å².